The molecule has 1 atom stereocenters. The second kappa shape index (κ2) is 6.57. The van der Waals surface area contributed by atoms with Gasteiger partial charge in [0.2, 0.25) is 0 Å². The Kier molecular flexibility index (Phi) is 4.74. The molecule has 0 bridgehead atoms. The molecule has 6 heteroatoms. The Morgan fingerprint density at radius 3 is 2.95 bits per heavy atom. The van der Waals surface area contributed by atoms with Crippen molar-refractivity contribution < 1.29 is 4.79 Å². The molecule has 1 aliphatic heterocycles. The molecule has 0 aromatic carbocycles. The molecular weight excluding hydrogens is 302 g/mol. The molecule has 21 heavy (non-hydrogen) atoms. The highest BCUT2D eigenvalue weighted by Gasteiger charge is 2.38. The Bertz CT molecular complexity index is 466. The molecule has 2 fully saturated rings. The number of hydrogen-bond acceptors (Lipinski definition) is 4. The zero-order valence-electron chi connectivity index (χ0n) is 12.5. The van der Waals surface area contributed by atoms with Crippen molar-refractivity contribution in [1.29, 1.82) is 0 Å². The number of thioether (sulfide) groups is 1. The van der Waals surface area contributed by atoms with Crippen LogP contribution in [-0.2, 0) is 0 Å². The number of carbonyl (C=O) groups is 1. The standard InChI is InChI=1S/C15H23N3OS2/c1-12(13-16-7-9-20-13)17-14(19)18-8-10-21-15(11-18)5-3-2-4-6-15/h7,9,12H,2-6,8,10-11H2,1H3,(H,17,19). The van der Waals surface area contributed by atoms with Crippen LogP contribution in [0.2, 0.25) is 0 Å². The van der Waals surface area contributed by atoms with Crippen LogP contribution in [0.15, 0.2) is 11.6 Å². The van der Waals surface area contributed by atoms with E-state index in [1.165, 1.54) is 32.1 Å². The van der Waals surface area contributed by atoms with Crippen LogP contribution in [0, 0.1) is 0 Å². The average Bonchev–Trinajstić information content (AvgIpc) is 3.02. The predicted molar refractivity (Wildman–Crippen MR) is 88.9 cm³/mol. The van der Waals surface area contributed by atoms with Gasteiger partial charge in [0, 0.05) is 35.2 Å². The minimum Gasteiger partial charge on any atom is -0.329 e. The third-order valence-electron chi connectivity index (χ3n) is 4.46. The minimum absolute atomic E-state index is 0.00520. The van der Waals surface area contributed by atoms with Gasteiger partial charge in [-0.25, -0.2) is 9.78 Å². The molecule has 2 heterocycles. The summed E-state index contributed by atoms with van der Waals surface area (Å²) in [6.45, 7) is 3.78. The number of nitrogens with zero attached hydrogens (tertiary/aromatic N) is 2. The number of hydrogen-bond donors (Lipinski definition) is 1. The Balaban J connectivity index is 1.59. The molecule has 1 N–H and O–H groups in total. The van der Waals surface area contributed by atoms with Crippen molar-refractivity contribution in [3.05, 3.63) is 16.6 Å². The van der Waals surface area contributed by atoms with E-state index in [0.29, 0.717) is 4.75 Å². The lowest BCUT2D eigenvalue weighted by Gasteiger charge is -2.44. The first kappa shape index (κ1) is 15.2. The maximum Gasteiger partial charge on any atom is 0.318 e. The number of carbonyl (C=O) groups excluding carboxylic acids is 1. The van der Waals surface area contributed by atoms with Crippen molar-refractivity contribution in [2.75, 3.05) is 18.8 Å². The van der Waals surface area contributed by atoms with E-state index in [9.17, 15) is 4.79 Å². The number of rotatable bonds is 2. The van der Waals surface area contributed by atoms with Gasteiger partial charge in [-0.2, -0.15) is 11.8 Å². The van der Waals surface area contributed by atoms with Crippen LogP contribution in [0.25, 0.3) is 0 Å². The Morgan fingerprint density at radius 2 is 2.24 bits per heavy atom. The number of aromatic nitrogens is 1. The molecule has 1 aromatic heterocycles. The SMILES string of the molecule is CC(NC(=O)N1CCSC2(CCCCC2)C1)c1nccs1. The summed E-state index contributed by atoms with van der Waals surface area (Å²) in [4.78, 5) is 18.8. The first-order valence-corrected chi connectivity index (χ1v) is 9.64. The lowest BCUT2D eigenvalue weighted by molar-refractivity contribution is 0.182. The highest BCUT2D eigenvalue weighted by molar-refractivity contribution is 8.00. The van der Waals surface area contributed by atoms with Crippen LogP contribution < -0.4 is 5.32 Å². The molecule has 1 saturated carbocycles. The van der Waals surface area contributed by atoms with Gasteiger partial charge >= 0.3 is 6.03 Å². The maximum atomic E-state index is 12.5. The van der Waals surface area contributed by atoms with Crippen LogP contribution >= 0.6 is 23.1 Å². The number of urea groups is 1. The highest BCUT2D eigenvalue weighted by Crippen LogP contribution is 2.42. The molecule has 1 spiro atoms. The fraction of sp³-hybridized carbons (Fsp3) is 0.733. The predicted octanol–water partition coefficient (Wildman–Crippen LogP) is 3.67. The van der Waals surface area contributed by atoms with Crippen LogP contribution in [0.5, 0.6) is 0 Å². The van der Waals surface area contributed by atoms with Crippen molar-refractivity contribution in [1.82, 2.24) is 15.2 Å². The Morgan fingerprint density at radius 1 is 1.43 bits per heavy atom. The summed E-state index contributed by atoms with van der Waals surface area (Å²) in [6, 6.07) is 0.0670. The second-order valence-corrected chi connectivity index (χ2v) is 8.54. The van der Waals surface area contributed by atoms with Crippen molar-refractivity contribution in [2.24, 2.45) is 0 Å². The van der Waals surface area contributed by atoms with Gasteiger partial charge in [0.05, 0.1) is 6.04 Å². The molecule has 1 aromatic rings. The lowest BCUT2D eigenvalue weighted by atomic mass is 9.87. The Hall–Kier alpha value is -0.750. The quantitative estimate of drug-likeness (QED) is 0.902. The monoisotopic (exact) mass is 325 g/mol. The second-order valence-electron chi connectivity index (χ2n) is 6.06. The van der Waals surface area contributed by atoms with Gasteiger partial charge in [0.25, 0.3) is 0 Å². The first-order chi connectivity index (χ1) is 10.2. The van der Waals surface area contributed by atoms with Gasteiger partial charge in [0.15, 0.2) is 0 Å². The normalized spacial score (nSPS) is 23.0. The van der Waals surface area contributed by atoms with E-state index in [2.05, 4.69) is 22.1 Å². The Labute approximate surface area is 134 Å². The van der Waals surface area contributed by atoms with Crippen molar-refractivity contribution in [3.8, 4) is 0 Å². The highest BCUT2D eigenvalue weighted by atomic mass is 32.2. The molecule has 1 saturated heterocycles. The van der Waals surface area contributed by atoms with Crippen molar-refractivity contribution in [3.63, 3.8) is 0 Å². The summed E-state index contributed by atoms with van der Waals surface area (Å²) in [5, 5.41) is 6.02. The fourth-order valence-electron chi connectivity index (χ4n) is 3.30. The van der Waals surface area contributed by atoms with Gasteiger partial charge in [-0.05, 0) is 19.8 Å². The van der Waals surface area contributed by atoms with Gasteiger partial charge in [-0.3, -0.25) is 0 Å². The zero-order chi connectivity index (χ0) is 14.7. The molecule has 4 nitrogen and oxygen atoms in total. The third-order valence-corrected chi connectivity index (χ3v) is 6.96. The van der Waals surface area contributed by atoms with Gasteiger partial charge < -0.3 is 10.2 Å². The maximum absolute atomic E-state index is 12.5. The molecule has 116 valence electrons. The van der Waals surface area contributed by atoms with E-state index in [1.54, 1.807) is 17.5 Å². The fourth-order valence-corrected chi connectivity index (χ4v) is 5.52. The van der Waals surface area contributed by atoms with Crippen LogP contribution in [0.4, 0.5) is 4.79 Å². The van der Waals surface area contributed by atoms with Gasteiger partial charge in [-0.15, -0.1) is 11.3 Å². The summed E-state index contributed by atoms with van der Waals surface area (Å²) < 4.78 is 0.332. The van der Waals surface area contributed by atoms with E-state index < -0.39 is 0 Å². The van der Waals surface area contributed by atoms with Crippen molar-refractivity contribution >= 4 is 29.1 Å². The van der Waals surface area contributed by atoms with Crippen molar-refractivity contribution in [2.45, 2.75) is 49.8 Å². The first-order valence-electron chi connectivity index (χ1n) is 7.77. The van der Waals surface area contributed by atoms with Gasteiger partial charge in [-0.1, -0.05) is 19.3 Å². The van der Waals surface area contributed by atoms with E-state index in [1.807, 2.05) is 17.2 Å². The molecule has 1 aliphatic carbocycles. The summed E-state index contributed by atoms with van der Waals surface area (Å²) in [6.07, 6.45) is 8.32. The van der Waals surface area contributed by atoms with E-state index in [4.69, 9.17) is 0 Å². The molecule has 3 rings (SSSR count). The summed E-state index contributed by atoms with van der Waals surface area (Å²) in [5.41, 5.74) is 0. The lowest BCUT2D eigenvalue weighted by Crippen LogP contribution is -2.53. The molecule has 2 amide bonds. The van der Waals surface area contributed by atoms with Crippen LogP contribution in [-0.4, -0.2) is 39.5 Å². The molecule has 2 aliphatic rings. The molecule has 0 radical (unpaired) electrons. The molecule has 1 unspecified atom stereocenters. The van der Waals surface area contributed by atoms with Crippen LogP contribution in [0.3, 0.4) is 0 Å². The summed E-state index contributed by atoms with van der Waals surface area (Å²) in [7, 11) is 0. The summed E-state index contributed by atoms with van der Waals surface area (Å²) >= 11 is 3.69. The largest absolute Gasteiger partial charge is 0.329 e. The van der Waals surface area contributed by atoms with E-state index in [-0.39, 0.29) is 12.1 Å². The average molecular weight is 326 g/mol. The minimum atomic E-state index is -0.00520. The number of amides is 2. The number of nitrogens with one attached hydrogen (secondary N) is 1. The third kappa shape index (κ3) is 3.54. The van der Waals surface area contributed by atoms with E-state index in [0.717, 1.165) is 23.8 Å². The smallest absolute Gasteiger partial charge is 0.318 e. The molecular formula is C15H23N3OS2. The van der Waals surface area contributed by atoms with Crippen LogP contribution in [0.1, 0.15) is 50.1 Å². The number of thiazole rings is 1. The summed E-state index contributed by atoms with van der Waals surface area (Å²) in [5.74, 6) is 1.07. The zero-order valence-corrected chi connectivity index (χ0v) is 14.1. The van der Waals surface area contributed by atoms with Gasteiger partial charge in [0.1, 0.15) is 5.01 Å². The van der Waals surface area contributed by atoms with E-state index >= 15 is 0 Å². The topological polar surface area (TPSA) is 45.2 Å².